The van der Waals surface area contributed by atoms with Crippen molar-refractivity contribution in [1.82, 2.24) is 0 Å². The van der Waals surface area contributed by atoms with Crippen molar-refractivity contribution in [2.75, 3.05) is 13.2 Å². The lowest BCUT2D eigenvalue weighted by atomic mass is 10.0. The standard InChI is InChI=1S/C66H112O6/c1-4-7-10-13-16-19-22-25-27-28-29-30-31-32-33-34-35-36-37-38-40-41-44-47-50-53-56-59-65(68)71-62-63(61-70-64(67)58-55-52-49-46-43-24-21-18-15-12-9-6-3)72-66(69)60-57-54-51-48-45-42-39-26-23-20-17-14-11-8-5-2/h7,10,16-21,25-27,29-30,32-33,39,63H,4-6,8-9,11-15,22-24,28,31,34-38,40-62H2,1-3H3/b10-7-,19-16-,20-17-,21-18-,27-25-,30-29-,33-32-,39-26-. The SMILES string of the molecule is CC/C=C\C/C=C\C/C=C\C/C=C\C/C=C\CCCCCCCCCCCCCC(=O)OCC(COC(=O)CCCCCCC/C=C\CCCCC)OC(=O)CCCCCCC/C=C\C/C=C\CCCCC. The van der Waals surface area contributed by atoms with E-state index in [9.17, 15) is 14.4 Å². The van der Waals surface area contributed by atoms with Crippen molar-refractivity contribution in [3.05, 3.63) is 97.2 Å². The Hall–Kier alpha value is -3.67. The van der Waals surface area contributed by atoms with Crippen LogP contribution in [0.15, 0.2) is 97.2 Å². The minimum Gasteiger partial charge on any atom is -0.462 e. The van der Waals surface area contributed by atoms with Gasteiger partial charge in [0.25, 0.3) is 0 Å². The van der Waals surface area contributed by atoms with E-state index >= 15 is 0 Å². The lowest BCUT2D eigenvalue weighted by molar-refractivity contribution is -0.167. The fourth-order valence-corrected chi connectivity index (χ4v) is 8.26. The summed E-state index contributed by atoms with van der Waals surface area (Å²) in [6.45, 7) is 6.47. The molecule has 0 spiro atoms. The van der Waals surface area contributed by atoms with Crippen LogP contribution in [0.5, 0.6) is 0 Å². The van der Waals surface area contributed by atoms with Crippen LogP contribution in [0.2, 0.25) is 0 Å². The summed E-state index contributed by atoms with van der Waals surface area (Å²) in [5.41, 5.74) is 0. The molecule has 0 N–H and O–H groups in total. The van der Waals surface area contributed by atoms with Crippen LogP contribution in [0, 0.1) is 0 Å². The summed E-state index contributed by atoms with van der Waals surface area (Å²) in [4.78, 5) is 38.2. The third-order valence-corrected chi connectivity index (χ3v) is 12.8. The van der Waals surface area contributed by atoms with E-state index in [0.29, 0.717) is 19.3 Å². The summed E-state index contributed by atoms with van der Waals surface area (Å²) < 4.78 is 16.9. The second kappa shape index (κ2) is 59.9. The molecule has 0 aliphatic carbocycles. The van der Waals surface area contributed by atoms with Gasteiger partial charge in [-0.1, -0.05) is 240 Å². The average molecular weight is 1000 g/mol. The van der Waals surface area contributed by atoms with Gasteiger partial charge in [-0.15, -0.1) is 0 Å². The lowest BCUT2D eigenvalue weighted by Gasteiger charge is -2.18. The van der Waals surface area contributed by atoms with Gasteiger partial charge in [0.1, 0.15) is 13.2 Å². The molecule has 6 nitrogen and oxygen atoms in total. The van der Waals surface area contributed by atoms with Gasteiger partial charge in [-0.05, 0) is 122 Å². The molecule has 0 heterocycles. The predicted octanol–water partition coefficient (Wildman–Crippen LogP) is 20.5. The molecular formula is C66H112O6. The molecule has 0 aliphatic heterocycles. The number of allylic oxidation sites excluding steroid dienone is 16. The number of carbonyl (C=O) groups is 3. The molecule has 0 radical (unpaired) electrons. The van der Waals surface area contributed by atoms with Gasteiger partial charge >= 0.3 is 17.9 Å². The molecule has 72 heavy (non-hydrogen) atoms. The first kappa shape index (κ1) is 68.3. The number of unbranched alkanes of at least 4 members (excludes halogenated alkanes) is 27. The van der Waals surface area contributed by atoms with E-state index in [1.807, 2.05) is 0 Å². The zero-order chi connectivity index (χ0) is 52.2. The Morgan fingerprint density at radius 2 is 0.542 bits per heavy atom. The highest BCUT2D eigenvalue weighted by Crippen LogP contribution is 2.15. The summed E-state index contributed by atoms with van der Waals surface area (Å²) in [5, 5.41) is 0. The van der Waals surface area contributed by atoms with Gasteiger partial charge in [0.2, 0.25) is 0 Å². The van der Waals surface area contributed by atoms with Crippen molar-refractivity contribution in [2.45, 2.75) is 290 Å². The molecule has 0 bridgehead atoms. The van der Waals surface area contributed by atoms with E-state index in [0.717, 1.165) is 122 Å². The van der Waals surface area contributed by atoms with Gasteiger partial charge in [0.05, 0.1) is 0 Å². The van der Waals surface area contributed by atoms with Crippen molar-refractivity contribution in [3.63, 3.8) is 0 Å². The summed E-state index contributed by atoms with van der Waals surface area (Å²) in [5.74, 6) is -0.908. The van der Waals surface area contributed by atoms with Gasteiger partial charge < -0.3 is 14.2 Å². The molecule has 412 valence electrons. The monoisotopic (exact) mass is 1000 g/mol. The van der Waals surface area contributed by atoms with E-state index in [1.54, 1.807) is 0 Å². The fourth-order valence-electron chi connectivity index (χ4n) is 8.26. The van der Waals surface area contributed by atoms with Crippen LogP contribution in [0.4, 0.5) is 0 Å². The Morgan fingerprint density at radius 1 is 0.292 bits per heavy atom. The average Bonchev–Trinajstić information content (AvgIpc) is 3.38. The van der Waals surface area contributed by atoms with Crippen LogP contribution in [-0.2, 0) is 28.6 Å². The highest BCUT2D eigenvalue weighted by Gasteiger charge is 2.19. The third kappa shape index (κ3) is 57.2. The number of ether oxygens (including phenoxy) is 3. The lowest BCUT2D eigenvalue weighted by Crippen LogP contribution is -2.30. The Balaban J connectivity index is 4.28. The van der Waals surface area contributed by atoms with E-state index in [1.165, 1.54) is 122 Å². The molecule has 6 heteroatoms. The molecule has 0 saturated carbocycles. The highest BCUT2D eigenvalue weighted by molar-refractivity contribution is 5.71. The number of rotatable bonds is 54. The first-order chi connectivity index (χ1) is 35.5. The highest BCUT2D eigenvalue weighted by atomic mass is 16.6. The minimum atomic E-state index is -0.790. The minimum absolute atomic E-state index is 0.0869. The van der Waals surface area contributed by atoms with Gasteiger partial charge in [0.15, 0.2) is 6.10 Å². The summed E-state index contributed by atoms with van der Waals surface area (Å²) in [6, 6.07) is 0. The maximum absolute atomic E-state index is 12.8. The fraction of sp³-hybridized carbons (Fsp3) is 0.712. The van der Waals surface area contributed by atoms with E-state index in [-0.39, 0.29) is 31.1 Å². The smallest absolute Gasteiger partial charge is 0.306 e. The molecule has 0 saturated heterocycles. The zero-order valence-electron chi connectivity index (χ0n) is 47.2. The largest absolute Gasteiger partial charge is 0.462 e. The predicted molar refractivity (Wildman–Crippen MR) is 311 cm³/mol. The third-order valence-electron chi connectivity index (χ3n) is 12.8. The molecule has 1 unspecified atom stereocenters. The molecule has 0 aromatic rings. The van der Waals surface area contributed by atoms with Gasteiger partial charge in [-0.3, -0.25) is 14.4 Å². The number of hydrogen-bond acceptors (Lipinski definition) is 6. The van der Waals surface area contributed by atoms with Crippen LogP contribution in [0.3, 0.4) is 0 Å². The van der Waals surface area contributed by atoms with Crippen LogP contribution in [-0.4, -0.2) is 37.2 Å². The van der Waals surface area contributed by atoms with E-state index in [4.69, 9.17) is 14.2 Å². The van der Waals surface area contributed by atoms with Crippen molar-refractivity contribution < 1.29 is 28.6 Å². The molecule has 0 aliphatic rings. The second-order valence-corrected chi connectivity index (χ2v) is 19.9. The maximum atomic E-state index is 12.8. The maximum Gasteiger partial charge on any atom is 0.306 e. The molecule has 0 amide bonds. The Morgan fingerprint density at radius 3 is 0.861 bits per heavy atom. The first-order valence-corrected chi connectivity index (χ1v) is 30.2. The number of esters is 3. The van der Waals surface area contributed by atoms with E-state index in [2.05, 4.69) is 118 Å². The molecule has 0 fully saturated rings. The quantitative estimate of drug-likeness (QED) is 0.0261. The summed E-state index contributed by atoms with van der Waals surface area (Å²) in [6.07, 6.45) is 79.8. The van der Waals surface area contributed by atoms with Crippen molar-refractivity contribution in [2.24, 2.45) is 0 Å². The molecule has 1 atom stereocenters. The molecule has 0 aromatic carbocycles. The van der Waals surface area contributed by atoms with E-state index < -0.39 is 6.10 Å². The summed E-state index contributed by atoms with van der Waals surface area (Å²) in [7, 11) is 0. The van der Waals surface area contributed by atoms with Crippen LogP contribution >= 0.6 is 0 Å². The molecular weight excluding hydrogens is 889 g/mol. The van der Waals surface area contributed by atoms with Gasteiger partial charge in [-0.25, -0.2) is 0 Å². The zero-order valence-corrected chi connectivity index (χ0v) is 47.2. The molecule has 0 aromatic heterocycles. The van der Waals surface area contributed by atoms with Crippen LogP contribution in [0.25, 0.3) is 0 Å². The second-order valence-electron chi connectivity index (χ2n) is 19.9. The Bertz CT molecular complexity index is 1430. The summed E-state index contributed by atoms with van der Waals surface area (Å²) >= 11 is 0. The van der Waals surface area contributed by atoms with Gasteiger partial charge in [-0.2, -0.15) is 0 Å². The van der Waals surface area contributed by atoms with Gasteiger partial charge in [0, 0.05) is 19.3 Å². The Labute approximate surface area is 445 Å². The topological polar surface area (TPSA) is 78.9 Å². The Kier molecular flexibility index (Phi) is 56.8. The van der Waals surface area contributed by atoms with Crippen molar-refractivity contribution in [1.29, 1.82) is 0 Å². The first-order valence-electron chi connectivity index (χ1n) is 30.2. The molecule has 0 rings (SSSR count). The number of carbonyl (C=O) groups excluding carboxylic acids is 3. The van der Waals surface area contributed by atoms with Crippen LogP contribution in [0.1, 0.15) is 284 Å². The van der Waals surface area contributed by atoms with Crippen molar-refractivity contribution >= 4 is 17.9 Å². The van der Waals surface area contributed by atoms with Crippen molar-refractivity contribution in [3.8, 4) is 0 Å². The number of hydrogen-bond donors (Lipinski definition) is 0. The normalized spacial score (nSPS) is 12.8. The van der Waals surface area contributed by atoms with Crippen LogP contribution < -0.4 is 0 Å².